The van der Waals surface area contributed by atoms with Crippen LogP contribution in [0.5, 0.6) is 0 Å². The van der Waals surface area contributed by atoms with E-state index in [0.717, 1.165) is 0 Å². The molecule has 2 amide bonds. The zero-order chi connectivity index (χ0) is 18.7. The van der Waals surface area contributed by atoms with E-state index in [1.165, 1.54) is 0 Å². The van der Waals surface area contributed by atoms with E-state index < -0.39 is 11.9 Å². The topological polar surface area (TPSA) is 86.7 Å². The predicted octanol–water partition coefficient (Wildman–Crippen LogP) is 3.12. The Labute approximate surface area is 152 Å². The molecule has 1 aromatic rings. The minimum Gasteiger partial charge on any atom is -0.481 e. The number of aliphatic carboxylic acids is 1. The van der Waals surface area contributed by atoms with Gasteiger partial charge in [0.05, 0.1) is 16.5 Å². The Balaban J connectivity index is 2.16. The first kappa shape index (κ1) is 19.2. The summed E-state index contributed by atoms with van der Waals surface area (Å²) in [5, 5.41) is 12.3. The molecule has 1 aliphatic rings. The Morgan fingerprint density at radius 2 is 2.00 bits per heavy atom. The van der Waals surface area contributed by atoms with Crippen LogP contribution in [0.15, 0.2) is 18.2 Å². The van der Waals surface area contributed by atoms with Crippen LogP contribution in [0.3, 0.4) is 0 Å². The number of amides is 2. The number of halogens is 1. The molecule has 2 N–H and O–H groups in total. The van der Waals surface area contributed by atoms with Gasteiger partial charge in [-0.1, -0.05) is 32.4 Å². The molecule has 0 aliphatic carbocycles. The summed E-state index contributed by atoms with van der Waals surface area (Å²) < 4.78 is 0. The Hall–Kier alpha value is -2.08. The summed E-state index contributed by atoms with van der Waals surface area (Å²) in [6.07, 6.45) is 0.420. The van der Waals surface area contributed by atoms with E-state index in [2.05, 4.69) is 5.32 Å². The molecule has 7 heteroatoms. The Morgan fingerprint density at radius 3 is 2.56 bits per heavy atom. The molecule has 1 heterocycles. The molecule has 0 spiro atoms. The number of carbonyl (C=O) groups is 3. The molecule has 6 nitrogen and oxygen atoms in total. The second kappa shape index (κ2) is 7.87. The van der Waals surface area contributed by atoms with E-state index in [1.807, 2.05) is 6.92 Å². The van der Waals surface area contributed by atoms with E-state index in [4.69, 9.17) is 11.6 Å². The number of carboxylic acids is 1. The van der Waals surface area contributed by atoms with E-state index in [1.54, 1.807) is 36.9 Å². The number of rotatable bonds is 4. The summed E-state index contributed by atoms with van der Waals surface area (Å²) in [7, 11) is 0. The fourth-order valence-electron chi connectivity index (χ4n) is 2.92. The number of carbonyl (C=O) groups excluding carboxylic acids is 2. The van der Waals surface area contributed by atoms with Crippen LogP contribution in [0, 0.1) is 17.8 Å². The van der Waals surface area contributed by atoms with Gasteiger partial charge in [0.1, 0.15) is 0 Å². The van der Waals surface area contributed by atoms with Crippen molar-refractivity contribution >= 4 is 35.1 Å². The number of nitrogens with zero attached hydrogens (tertiary/aromatic N) is 1. The first-order valence-corrected chi connectivity index (χ1v) is 8.71. The van der Waals surface area contributed by atoms with Gasteiger partial charge >= 0.3 is 5.97 Å². The van der Waals surface area contributed by atoms with Gasteiger partial charge in [0.25, 0.3) is 5.91 Å². The first-order valence-electron chi connectivity index (χ1n) is 8.33. The van der Waals surface area contributed by atoms with Crippen LogP contribution in [0.4, 0.5) is 5.69 Å². The molecule has 0 radical (unpaired) electrons. The second-order valence-electron chi connectivity index (χ2n) is 6.80. The van der Waals surface area contributed by atoms with Crippen molar-refractivity contribution in [1.82, 2.24) is 4.90 Å². The smallest absolute Gasteiger partial charge is 0.306 e. The second-order valence-corrected chi connectivity index (χ2v) is 7.21. The Kier molecular flexibility index (Phi) is 6.06. The lowest BCUT2D eigenvalue weighted by Crippen LogP contribution is -2.45. The van der Waals surface area contributed by atoms with Gasteiger partial charge in [0.2, 0.25) is 5.91 Å². The molecule has 25 heavy (non-hydrogen) atoms. The van der Waals surface area contributed by atoms with Gasteiger partial charge in [-0.15, -0.1) is 0 Å². The summed E-state index contributed by atoms with van der Waals surface area (Å²) >= 11 is 6.17. The van der Waals surface area contributed by atoms with Gasteiger partial charge in [-0.25, -0.2) is 0 Å². The van der Waals surface area contributed by atoms with Crippen molar-refractivity contribution in [3.63, 3.8) is 0 Å². The van der Waals surface area contributed by atoms with E-state index >= 15 is 0 Å². The Morgan fingerprint density at radius 1 is 1.32 bits per heavy atom. The van der Waals surface area contributed by atoms with Crippen molar-refractivity contribution in [2.75, 3.05) is 18.4 Å². The van der Waals surface area contributed by atoms with Crippen molar-refractivity contribution in [2.24, 2.45) is 17.8 Å². The zero-order valence-corrected chi connectivity index (χ0v) is 15.3. The minimum atomic E-state index is -0.823. The first-order chi connectivity index (χ1) is 11.7. The van der Waals surface area contributed by atoms with Crippen LogP contribution < -0.4 is 5.32 Å². The summed E-state index contributed by atoms with van der Waals surface area (Å²) in [5.41, 5.74) is 0.823. The van der Waals surface area contributed by atoms with Crippen LogP contribution in [0.25, 0.3) is 0 Å². The van der Waals surface area contributed by atoms with Crippen molar-refractivity contribution in [3.8, 4) is 0 Å². The molecule has 1 aromatic carbocycles. The van der Waals surface area contributed by atoms with Crippen molar-refractivity contribution in [1.29, 1.82) is 0 Å². The number of piperidine rings is 1. The molecule has 0 bridgehead atoms. The molecule has 1 aliphatic heterocycles. The molecule has 2 atom stereocenters. The number of carboxylic acid groups (broad SMARTS) is 1. The fourth-order valence-corrected chi connectivity index (χ4v) is 3.12. The van der Waals surface area contributed by atoms with Gasteiger partial charge in [0, 0.05) is 24.7 Å². The van der Waals surface area contributed by atoms with E-state index in [-0.39, 0.29) is 23.7 Å². The Bertz CT molecular complexity index is 690. The molecule has 1 fully saturated rings. The monoisotopic (exact) mass is 366 g/mol. The lowest BCUT2D eigenvalue weighted by molar-refractivity contribution is -0.145. The maximum atomic E-state index is 12.8. The number of hydrogen-bond donors (Lipinski definition) is 2. The van der Waals surface area contributed by atoms with E-state index in [9.17, 15) is 19.5 Å². The van der Waals surface area contributed by atoms with Crippen LogP contribution in [-0.2, 0) is 9.59 Å². The fraction of sp³-hybridized carbons (Fsp3) is 0.500. The standard InChI is InChI=1S/C18H23ClN2O4/c1-10(2)16(22)20-12-4-5-15(19)14(8-12)17(23)21-7-6-13(18(24)25)11(3)9-21/h4-5,8,10-11,13H,6-7,9H2,1-3H3,(H,20,22)(H,24,25). The van der Waals surface area contributed by atoms with Crippen molar-refractivity contribution in [2.45, 2.75) is 27.2 Å². The predicted molar refractivity (Wildman–Crippen MR) is 95.7 cm³/mol. The van der Waals surface area contributed by atoms with Gasteiger partial charge in [-0.2, -0.15) is 0 Å². The quantitative estimate of drug-likeness (QED) is 0.857. The summed E-state index contributed by atoms with van der Waals surface area (Å²) in [4.78, 5) is 37.5. The van der Waals surface area contributed by atoms with Crippen LogP contribution in [0.1, 0.15) is 37.6 Å². The number of benzene rings is 1. The molecule has 136 valence electrons. The molecule has 1 saturated heterocycles. The number of likely N-dealkylation sites (tertiary alicyclic amines) is 1. The summed E-state index contributed by atoms with van der Waals surface area (Å²) in [5.74, 6) is -1.95. The third-order valence-electron chi connectivity index (χ3n) is 4.50. The van der Waals surface area contributed by atoms with Gasteiger partial charge in [-0.3, -0.25) is 14.4 Å². The third kappa shape index (κ3) is 4.51. The minimum absolute atomic E-state index is 0.127. The number of anilines is 1. The highest BCUT2D eigenvalue weighted by Gasteiger charge is 2.33. The number of hydrogen-bond acceptors (Lipinski definition) is 3. The third-order valence-corrected chi connectivity index (χ3v) is 4.83. The largest absolute Gasteiger partial charge is 0.481 e. The van der Waals surface area contributed by atoms with Crippen LogP contribution in [-0.4, -0.2) is 40.9 Å². The highest BCUT2D eigenvalue weighted by atomic mass is 35.5. The molecular weight excluding hydrogens is 344 g/mol. The molecular formula is C18H23ClN2O4. The SMILES string of the molecule is CC(C)C(=O)Nc1ccc(Cl)c(C(=O)N2CCC(C(=O)O)C(C)C2)c1. The summed E-state index contributed by atoms with van der Waals surface area (Å²) in [6.45, 7) is 6.14. The van der Waals surface area contributed by atoms with E-state index in [0.29, 0.717) is 35.8 Å². The number of nitrogens with one attached hydrogen (secondary N) is 1. The van der Waals surface area contributed by atoms with Crippen molar-refractivity contribution < 1.29 is 19.5 Å². The highest BCUT2D eigenvalue weighted by molar-refractivity contribution is 6.34. The van der Waals surface area contributed by atoms with Crippen LogP contribution >= 0.6 is 11.6 Å². The van der Waals surface area contributed by atoms with Crippen LogP contribution in [0.2, 0.25) is 5.02 Å². The average Bonchev–Trinajstić information content (AvgIpc) is 2.55. The van der Waals surface area contributed by atoms with Gasteiger partial charge in [-0.05, 0) is 30.5 Å². The van der Waals surface area contributed by atoms with Gasteiger partial charge < -0.3 is 15.3 Å². The maximum Gasteiger partial charge on any atom is 0.306 e. The lowest BCUT2D eigenvalue weighted by atomic mass is 9.87. The summed E-state index contributed by atoms with van der Waals surface area (Å²) in [6, 6.07) is 4.80. The highest BCUT2D eigenvalue weighted by Crippen LogP contribution is 2.28. The maximum absolute atomic E-state index is 12.8. The van der Waals surface area contributed by atoms with Gasteiger partial charge in [0.15, 0.2) is 0 Å². The molecule has 2 unspecified atom stereocenters. The molecule has 0 saturated carbocycles. The lowest BCUT2D eigenvalue weighted by Gasteiger charge is -2.35. The zero-order valence-electron chi connectivity index (χ0n) is 14.6. The molecule has 0 aromatic heterocycles. The average molecular weight is 367 g/mol. The molecule has 2 rings (SSSR count). The normalized spacial score (nSPS) is 20.4. The van der Waals surface area contributed by atoms with Crippen molar-refractivity contribution in [3.05, 3.63) is 28.8 Å².